The smallest absolute Gasteiger partial charge is 0.267 e. The van der Waals surface area contributed by atoms with E-state index in [2.05, 4.69) is 0 Å². The summed E-state index contributed by atoms with van der Waals surface area (Å²) in [6.45, 7) is -0.529. The van der Waals surface area contributed by atoms with Gasteiger partial charge in [-0.15, -0.1) is 0 Å². The second-order valence-corrected chi connectivity index (χ2v) is 2.58. The Hall–Kier alpha value is 0.402. The fourth-order valence-corrected chi connectivity index (χ4v) is 0.346. The molecule has 0 aromatic rings. The lowest BCUT2D eigenvalue weighted by Gasteiger charge is -1.85. The number of aliphatic hydroxyl groups is 1. The van der Waals surface area contributed by atoms with E-state index in [-0.39, 0.29) is 17.4 Å². The van der Waals surface area contributed by atoms with E-state index in [9.17, 15) is 8.42 Å². The van der Waals surface area contributed by atoms with Gasteiger partial charge in [0, 0.05) is 0 Å². The zero-order valence-corrected chi connectivity index (χ0v) is 4.35. The van der Waals surface area contributed by atoms with Crippen molar-refractivity contribution < 1.29 is 18.1 Å². The molecule has 4 nitrogen and oxygen atoms in total. The standard InChI is InChI=1S/C2H6O4S.Al.3H/c3-1-2-7(4,5)6;;;;/h3H,1-2H2,(H,4,5,6);;;;. The average Bonchev–Trinajstić information content (AvgIpc) is 1.30. The molecule has 0 saturated carbocycles. The minimum Gasteiger partial charge on any atom is -0.395 e. The summed E-state index contributed by atoms with van der Waals surface area (Å²) in [4.78, 5) is 0. The molecule has 0 rings (SSSR count). The highest BCUT2D eigenvalue weighted by Gasteiger charge is 1.99. The molecule has 0 radical (unpaired) electrons. The van der Waals surface area contributed by atoms with Gasteiger partial charge in [-0.2, -0.15) is 8.42 Å². The Kier molecular flexibility index (Phi) is 6.03. The lowest BCUT2D eigenvalue weighted by atomic mass is 10.9. The van der Waals surface area contributed by atoms with Gasteiger partial charge in [-0.1, -0.05) is 0 Å². The van der Waals surface area contributed by atoms with E-state index in [1.54, 1.807) is 0 Å². The summed E-state index contributed by atoms with van der Waals surface area (Å²) < 4.78 is 27.1. The Morgan fingerprint density at radius 3 is 1.75 bits per heavy atom. The number of hydrogen-bond donors (Lipinski definition) is 2. The van der Waals surface area contributed by atoms with Crippen LogP contribution in [0.1, 0.15) is 0 Å². The summed E-state index contributed by atoms with van der Waals surface area (Å²) >= 11 is 0. The van der Waals surface area contributed by atoms with Crippen LogP contribution in [0.25, 0.3) is 0 Å². The van der Waals surface area contributed by atoms with Crippen LogP contribution in [0.15, 0.2) is 0 Å². The Morgan fingerprint density at radius 1 is 1.38 bits per heavy atom. The molecule has 0 spiro atoms. The molecule has 2 N–H and O–H groups in total. The Bertz CT molecular complexity index is 127. The van der Waals surface area contributed by atoms with E-state index in [0.717, 1.165) is 0 Å². The SMILES string of the molecule is O=S(=O)(O)CCO.[AlH3]. The molecule has 0 saturated heterocycles. The molecular formula is C2H9AlO4S. The first-order valence-corrected chi connectivity index (χ1v) is 3.23. The van der Waals surface area contributed by atoms with Crippen LogP contribution >= 0.6 is 0 Å². The maximum atomic E-state index is 9.63. The molecule has 0 atom stereocenters. The summed E-state index contributed by atoms with van der Waals surface area (Å²) in [5, 5.41) is 7.86. The van der Waals surface area contributed by atoms with E-state index in [1.807, 2.05) is 0 Å². The fourth-order valence-electron chi connectivity index (χ4n) is 0.115. The van der Waals surface area contributed by atoms with Crippen molar-refractivity contribution in [2.75, 3.05) is 12.4 Å². The van der Waals surface area contributed by atoms with Gasteiger partial charge in [-0.3, -0.25) is 4.55 Å². The Labute approximate surface area is 58.4 Å². The molecule has 50 valence electrons. The molecule has 0 heterocycles. The van der Waals surface area contributed by atoms with Crippen LogP contribution in [0.5, 0.6) is 0 Å². The van der Waals surface area contributed by atoms with Crippen LogP contribution in [0.2, 0.25) is 0 Å². The zero-order valence-electron chi connectivity index (χ0n) is 3.53. The fraction of sp³-hybridized carbons (Fsp3) is 1.00. The van der Waals surface area contributed by atoms with Crippen molar-refractivity contribution in [2.45, 2.75) is 0 Å². The number of aliphatic hydroxyl groups excluding tert-OH is 1. The molecule has 0 bridgehead atoms. The summed E-state index contributed by atoms with van der Waals surface area (Å²) in [6.07, 6.45) is 0. The van der Waals surface area contributed by atoms with E-state index < -0.39 is 22.5 Å². The maximum Gasteiger partial charge on any atom is 0.267 e. The minimum atomic E-state index is -3.92. The largest absolute Gasteiger partial charge is 0.395 e. The lowest BCUT2D eigenvalue weighted by molar-refractivity contribution is 0.315. The van der Waals surface area contributed by atoms with E-state index >= 15 is 0 Å². The molecule has 0 aromatic carbocycles. The third-order valence-electron chi connectivity index (χ3n) is 0.349. The van der Waals surface area contributed by atoms with E-state index in [0.29, 0.717) is 0 Å². The predicted molar refractivity (Wildman–Crippen MR) is 33.4 cm³/mol. The van der Waals surface area contributed by atoms with Crippen LogP contribution in [-0.4, -0.2) is 47.8 Å². The molecule has 0 amide bonds. The van der Waals surface area contributed by atoms with Crippen LogP contribution in [0, 0.1) is 0 Å². The van der Waals surface area contributed by atoms with Gasteiger partial charge in [-0.05, 0) is 0 Å². The van der Waals surface area contributed by atoms with Crippen molar-refractivity contribution in [2.24, 2.45) is 0 Å². The van der Waals surface area contributed by atoms with Crippen LogP contribution in [0.3, 0.4) is 0 Å². The highest BCUT2D eigenvalue weighted by Crippen LogP contribution is 1.75. The van der Waals surface area contributed by atoms with Gasteiger partial charge in [0.25, 0.3) is 10.1 Å². The van der Waals surface area contributed by atoms with Gasteiger partial charge in [-0.25, -0.2) is 0 Å². The predicted octanol–water partition coefficient (Wildman–Crippen LogP) is -2.32. The van der Waals surface area contributed by atoms with Gasteiger partial charge in [0.15, 0.2) is 17.4 Å². The summed E-state index contributed by atoms with van der Waals surface area (Å²) in [5.74, 6) is -0.576. The van der Waals surface area contributed by atoms with Gasteiger partial charge in [0.05, 0.1) is 12.4 Å². The Morgan fingerprint density at radius 2 is 1.75 bits per heavy atom. The second-order valence-electron chi connectivity index (χ2n) is 1.01. The highest BCUT2D eigenvalue weighted by atomic mass is 32.2. The van der Waals surface area contributed by atoms with Gasteiger partial charge in [0.1, 0.15) is 0 Å². The monoisotopic (exact) mass is 156 g/mol. The second kappa shape index (κ2) is 4.30. The van der Waals surface area contributed by atoms with Gasteiger partial charge >= 0.3 is 0 Å². The van der Waals surface area contributed by atoms with Crippen molar-refractivity contribution in [1.29, 1.82) is 0 Å². The summed E-state index contributed by atoms with van der Waals surface area (Å²) in [7, 11) is -3.92. The van der Waals surface area contributed by atoms with Crippen molar-refractivity contribution in [1.82, 2.24) is 0 Å². The quantitative estimate of drug-likeness (QED) is 0.348. The zero-order chi connectivity index (χ0) is 5.91. The highest BCUT2D eigenvalue weighted by molar-refractivity contribution is 7.85. The lowest BCUT2D eigenvalue weighted by Crippen LogP contribution is -2.06. The normalized spacial score (nSPS) is 10.2. The molecule has 0 unspecified atom stereocenters. The van der Waals surface area contributed by atoms with E-state index in [1.165, 1.54) is 0 Å². The van der Waals surface area contributed by atoms with Crippen molar-refractivity contribution in [3.63, 3.8) is 0 Å². The Balaban J connectivity index is 0. The van der Waals surface area contributed by atoms with Gasteiger partial charge < -0.3 is 5.11 Å². The first kappa shape index (κ1) is 11.2. The molecule has 6 heteroatoms. The molecule has 0 aliphatic rings. The molecular weight excluding hydrogens is 147 g/mol. The summed E-state index contributed by atoms with van der Waals surface area (Å²) in [6, 6.07) is 0. The third-order valence-corrected chi connectivity index (χ3v) is 1.05. The molecule has 0 aliphatic carbocycles. The number of hydrogen-bond acceptors (Lipinski definition) is 3. The molecule has 0 aliphatic heterocycles. The maximum absolute atomic E-state index is 9.63. The topological polar surface area (TPSA) is 74.6 Å². The number of rotatable bonds is 2. The molecule has 8 heavy (non-hydrogen) atoms. The van der Waals surface area contributed by atoms with Crippen molar-refractivity contribution in [3.05, 3.63) is 0 Å². The van der Waals surface area contributed by atoms with Crippen LogP contribution in [-0.2, 0) is 10.1 Å². The van der Waals surface area contributed by atoms with Crippen LogP contribution < -0.4 is 0 Å². The average molecular weight is 156 g/mol. The molecule has 0 fully saturated rings. The first-order valence-electron chi connectivity index (χ1n) is 1.62. The van der Waals surface area contributed by atoms with Crippen LogP contribution in [0.4, 0.5) is 0 Å². The van der Waals surface area contributed by atoms with Gasteiger partial charge in [0.2, 0.25) is 0 Å². The van der Waals surface area contributed by atoms with Crippen molar-refractivity contribution in [3.8, 4) is 0 Å². The third kappa shape index (κ3) is 9.64. The van der Waals surface area contributed by atoms with E-state index in [4.69, 9.17) is 9.66 Å². The summed E-state index contributed by atoms with van der Waals surface area (Å²) in [5.41, 5.74) is 0. The van der Waals surface area contributed by atoms with Crippen molar-refractivity contribution >= 4 is 27.5 Å². The minimum absolute atomic E-state index is 0. The molecule has 0 aromatic heterocycles. The first-order chi connectivity index (χ1) is 3.06.